The number of amides is 3. The second-order valence-electron chi connectivity index (χ2n) is 7.19. The normalized spacial score (nSPS) is 11.0. The molecule has 0 fully saturated rings. The first kappa shape index (κ1) is 20.6. The third-order valence-corrected chi connectivity index (χ3v) is 6.15. The minimum Gasteiger partial charge on any atom is -0.366 e. The first-order valence-corrected chi connectivity index (χ1v) is 10.7. The number of H-pyrrole nitrogens is 1. The minimum atomic E-state index is -0.732. The average molecular weight is 434 g/mol. The van der Waals surface area contributed by atoms with Crippen molar-refractivity contribution in [1.29, 1.82) is 0 Å². The molecular weight excluding hydrogens is 410 g/mol. The molecule has 0 saturated heterocycles. The third kappa shape index (κ3) is 4.76. The number of carbonyl (C=O) groups is 2. The molecule has 3 amide bonds. The van der Waals surface area contributed by atoms with Gasteiger partial charge in [0.2, 0.25) is 0 Å². The van der Waals surface area contributed by atoms with Crippen LogP contribution >= 0.6 is 11.3 Å². The van der Waals surface area contributed by atoms with Crippen molar-refractivity contribution in [2.75, 3.05) is 11.9 Å². The highest BCUT2D eigenvalue weighted by atomic mass is 32.1. The van der Waals surface area contributed by atoms with Crippen LogP contribution in [0.4, 0.5) is 9.80 Å². The molecule has 7 N–H and O–H groups in total. The van der Waals surface area contributed by atoms with Gasteiger partial charge in [-0.05, 0) is 41.8 Å². The maximum absolute atomic E-state index is 11.6. The van der Waals surface area contributed by atoms with Gasteiger partial charge in [0.1, 0.15) is 5.00 Å². The van der Waals surface area contributed by atoms with E-state index in [0.29, 0.717) is 5.00 Å². The van der Waals surface area contributed by atoms with Crippen molar-refractivity contribution < 1.29 is 9.59 Å². The van der Waals surface area contributed by atoms with E-state index in [0.717, 1.165) is 41.0 Å². The number of hydrogen-bond donors (Lipinski definition) is 5. The molecule has 0 radical (unpaired) electrons. The van der Waals surface area contributed by atoms with Crippen LogP contribution in [0, 0.1) is 0 Å². The number of benzene rings is 2. The van der Waals surface area contributed by atoms with Crippen LogP contribution in [-0.4, -0.2) is 23.5 Å². The van der Waals surface area contributed by atoms with Crippen LogP contribution in [-0.2, 0) is 13.0 Å². The van der Waals surface area contributed by atoms with E-state index in [1.807, 2.05) is 30.3 Å². The Hall–Kier alpha value is -3.62. The number of urea groups is 1. The number of fused-ring (bicyclic) bond motifs is 1. The molecule has 0 spiro atoms. The Kier molecular flexibility index (Phi) is 6.01. The molecule has 2 aromatic carbocycles. The zero-order valence-corrected chi connectivity index (χ0v) is 17.6. The number of rotatable bonds is 8. The Morgan fingerprint density at radius 1 is 1.03 bits per heavy atom. The molecule has 2 heterocycles. The molecule has 0 unspecified atom stereocenters. The fourth-order valence-corrected chi connectivity index (χ4v) is 4.57. The van der Waals surface area contributed by atoms with Crippen molar-refractivity contribution in [3.8, 4) is 10.4 Å². The summed E-state index contributed by atoms with van der Waals surface area (Å²) in [6.45, 7) is 1.63. The lowest BCUT2D eigenvalue weighted by Crippen LogP contribution is -2.21. The molecule has 0 saturated carbocycles. The summed E-state index contributed by atoms with van der Waals surface area (Å²) in [5.41, 5.74) is 15.4. The fraction of sp³-hybridized carbons (Fsp3) is 0.130. The number of primary amides is 2. The standard InChI is InChI=1S/C23H23N5O2S/c24-21(29)18-11-20(31-22(18)28-23(25)30)15-7-5-14(6-8-15)12-26-10-9-16-13-27-19-4-2-1-3-17(16)19/h1-8,11,13,26-27H,9-10,12H2,(H2,24,29)(H3,25,28,30). The Labute approximate surface area is 183 Å². The topological polar surface area (TPSA) is 126 Å². The molecule has 8 heteroatoms. The van der Waals surface area contributed by atoms with Crippen LogP contribution in [0.1, 0.15) is 21.5 Å². The number of anilines is 1. The Morgan fingerprint density at radius 3 is 2.55 bits per heavy atom. The van der Waals surface area contributed by atoms with Crippen LogP contribution in [0.15, 0.2) is 60.8 Å². The van der Waals surface area contributed by atoms with E-state index in [4.69, 9.17) is 11.5 Å². The van der Waals surface area contributed by atoms with Crippen LogP contribution in [0.3, 0.4) is 0 Å². The number of aromatic nitrogens is 1. The third-order valence-electron chi connectivity index (χ3n) is 5.05. The molecule has 0 aliphatic heterocycles. The van der Waals surface area contributed by atoms with Crippen molar-refractivity contribution >= 4 is 39.2 Å². The molecule has 2 aromatic heterocycles. The number of aromatic amines is 1. The van der Waals surface area contributed by atoms with Crippen molar-refractivity contribution in [1.82, 2.24) is 10.3 Å². The molecule has 4 aromatic rings. The maximum Gasteiger partial charge on any atom is 0.317 e. The van der Waals surface area contributed by atoms with Crippen molar-refractivity contribution in [3.05, 3.63) is 77.5 Å². The monoisotopic (exact) mass is 433 g/mol. The van der Waals surface area contributed by atoms with Gasteiger partial charge >= 0.3 is 6.03 Å². The largest absolute Gasteiger partial charge is 0.366 e. The number of thiophene rings is 1. The predicted molar refractivity (Wildman–Crippen MR) is 125 cm³/mol. The number of carbonyl (C=O) groups excluding carboxylic acids is 2. The van der Waals surface area contributed by atoms with Crippen molar-refractivity contribution in [2.45, 2.75) is 13.0 Å². The van der Waals surface area contributed by atoms with Gasteiger partial charge in [0.25, 0.3) is 5.91 Å². The summed E-state index contributed by atoms with van der Waals surface area (Å²) in [6.07, 6.45) is 3.02. The summed E-state index contributed by atoms with van der Waals surface area (Å²) in [5, 5.41) is 7.57. The lowest BCUT2D eigenvalue weighted by atomic mass is 10.1. The van der Waals surface area contributed by atoms with Crippen LogP contribution in [0.5, 0.6) is 0 Å². The molecule has 0 aliphatic rings. The highest BCUT2D eigenvalue weighted by Gasteiger charge is 2.16. The van der Waals surface area contributed by atoms with Gasteiger partial charge in [-0.2, -0.15) is 0 Å². The highest BCUT2D eigenvalue weighted by molar-refractivity contribution is 7.20. The number of nitrogens with one attached hydrogen (secondary N) is 3. The Morgan fingerprint density at radius 2 is 1.81 bits per heavy atom. The highest BCUT2D eigenvalue weighted by Crippen LogP contribution is 2.35. The molecule has 158 valence electrons. The SMILES string of the molecule is NC(=O)Nc1sc(-c2ccc(CNCCc3c[nH]c4ccccc34)cc2)cc1C(N)=O. The van der Waals surface area contributed by atoms with E-state index in [-0.39, 0.29) is 5.56 Å². The lowest BCUT2D eigenvalue weighted by molar-refractivity contribution is 0.100. The Balaban J connectivity index is 1.36. The van der Waals surface area contributed by atoms with Gasteiger partial charge in [-0.3, -0.25) is 10.1 Å². The smallest absolute Gasteiger partial charge is 0.317 e. The second kappa shape index (κ2) is 9.03. The van der Waals surface area contributed by atoms with Crippen LogP contribution in [0.25, 0.3) is 21.3 Å². The summed E-state index contributed by atoms with van der Waals surface area (Å²) < 4.78 is 0. The van der Waals surface area contributed by atoms with Gasteiger partial charge in [-0.15, -0.1) is 11.3 Å². The first-order valence-electron chi connectivity index (χ1n) is 9.86. The zero-order chi connectivity index (χ0) is 21.8. The van der Waals surface area contributed by atoms with E-state index in [9.17, 15) is 9.59 Å². The van der Waals surface area contributed by atoms with Gasteiger partial charge in [0, 0.05) is 28.5 Å². The molecular formula is C23H23N5O2S. The van der Waals surface area contributed by atoms with Crippen LogP contribution < -0.4 is 22.1 Å². The summed E-state index contributed by atoms with van der Waals surface area (Å²) in [4.78, 5) is 26.9. The maximum atomic E-state index is 11.6. The fourth-order valence-electron chi connectivity index (χ4n) is 3.50. The molecule has 7 nitrogen and oxygen atoms in total. The zero-order valence-electron chi connectivity index (χ0n) is 16.8. The van der Waals surface area contributed by atoms with Gasteiger partial charge in [-0.1, -0.05) is 42.5 Å². The second-order valence-corrected chi connectivity index (χ2v) is 8.24. The minimum absolute atomic E-state index is 0.252. The van der Waals surface area contributed by atoms with Crippen molar-refractivity contribution in [2.24, 2.45) is 11.5 Å². The van der Waals surface area contributed by atoms with Gasteiger partial charge in [0.05, 0.1) is 5.56 Å². The number of hydrogen-bond acceptors (Lipinski definition) is 4. The van der Waals surface area contributed by atoms with Crippen LogP contribution in [0.2, 0.25) is 0 Å². The van der Waals surface area contributed by atoms with E-state index < -0.39 is 11.9 Å². The first-order chi connectivity index (χ1) is 15.0. The molecule has 31 heavy (non-hydrogen) atoms. The summed E-state index contributed by atoms with van der Waals surface area (Å²) in [7, 11) is 0. The van der Waals surface area contributed by atoms with E-state index in [1.54, 1.807) is 6.07 Å². The van der Waals surface area contributed by atoms with E-state index in [2.05, 4.69) is 40.0 Å². The average Bonchev–Trinajstić information content (AvgIpc) is 3.36. The predicted octanol–water partition coefficient (Wildman–Crippen LogP) is 3.82. The Bertz CT molecular complexity index is 1230. The number of para-hydroxylation sites is 1. The lowest BCUT2D eigenvalue weighted by Gasteiger charge is -2.06. The van der Waals surface area contributed by atoms with E-state index >= 15 is 0 Å². The summed E-state index contributed by atoms with van der Waals surface area (Å²) in [5.74, 6) is -0.609. The molecule has 0 atom stereocenters. The summed E-state index contributed by atoms with van der Waals surface area (Å²) >= 11 is 1.26. The van der Waals surface area contributed by atoms with Crippen molar-refractivity contribution in [3.63, 3.8) is 0 Å². The van der Waals surface area contributed by atoms with Gasteiger partial charge in [0.15, 0.2) is 0 Å². The van der Waals surface area contributed by atoms with Gasteiger partial charge < -0.3 is 21.8 Å². The summed E-state index contributed by atoms with van der Waals surface area (Å²) in [6, 6.07) is 17.3. The number of nitrogens with two attached hydrogens (primary N) is 2. The molecule has 0 bridgehead atoms. The van der Waals surface area contributed by atoms with Gasteiger partial charge in [-0.25, -0.2) is 4.79 Å². The quantitative estimate of drug-likeness (QED) is 0.271. The molecule has 0 aliphatic carbocycles. The molecule has 4 rings (SSSR count). The van der Waals surface area contributed by atoms with E-state index in [1.165, 1.54) is 22.3 Å².